The highest BCUT2D eigenvalue weighted by Gasteiger charge is 2.31. The molecule has 0 saturated carbocycles. The summed E-state index contributed by atoms with van der Waals surface area (Å²) in [5.41, 5.74) is 1.29. The number of hydrogen-bond acceptors (Lipinski definition) is 6. The number of para-hydroxylation sites is 1. The highest BCUT2D eigenvalue weighted by molar-refractivity contribution is 7.89. The van der Waals surface area contributed by atoms with Crippen molar-refractivity contribution in [2.45, 2.75) is 17.9 Å². The Labute approximate surface area is 191 Å². The van der Waals surface area contributed by atoms with Gasteiger partial charge in [-0.15, -0.1) is 0 Å². The molecule has 1 unspecified atom stereocenters. The van der Waals surface area contributed by atoms with Crippen LogP contribution < -0.4 is 5.56 Å². The van der Waals surface area contributed by atoms with Crippen LogP contribution >= 0.6 is 0 Å². The van der Waals surface area contributed by atoms with Crippen molar-refractivity contribution in [3.05, 3.63) is 83.2 Å². The van der Waals surface area contributed by atoms with E-state index in [-0.39, 0.29) is 16.5 Å². The minimum atomic E-state index is -3.59. The minimum absolute atomic E-state index is 0.138. The molecule has 0 bridgehead atoms. The lowest BCUT2D eigenvalue weighted by Crippen LogP contribution is -2.49. The van der Waals surface area contributed by atoms with Gasteiger partial charge in [-0.3, -0.25) is 9.69 Å². The number of nitrogens with zero attached hydrogens (tertiary/aromatic N) is 5. The number of H-pyrrole nitrogens is 1. The Balaban J connectivity index is 1.29. The normalized spacial score (nSPS) is 16.8. The first kappa shape index (κ1) is 21.5. The molecule has 33 heavy (non-hydrogen) atoms. The molecule has 3 heterocycles. The zero-order valence-corrected chi connectivity index (χ0v) is 18.9. The maximum Gasteiger partial charge on any atom is 0.258 e. The molecule has 9 nitrogen and oxygen atoms in total. The molecule has 0 radical (unpaired) electrons. The van der Waals surface area contributed by atoms with Crippen molar-refractivity contribution < 1.29 is 8.42 Å². The van der Waals surface area contributed by atoms with Crippen LogP contribution in [0.4, 0.5) is 0 Å². The maximum atomic E-state index is 13.1. The summed E-state index contributed by atoms with van der Waals surface area (Å²) in [6, 6.07) is 15.6. The molecule has 2 aromatic carbocycles. The summed E-state index contributed by atoms with van der Waals surface area (Å²) < 4.78 is 29.5. The van der Waals surface area contributed by atoms with Crippen LogP contribution in [0.15, 0.2) is 76.7 Å². The molecule has 0 amide bonds. The van der Waals surface area contributed by atoms with Crippen molar-refractivity contribution >= 4 is 20.9 Å². The van der Waals surface area contributed by atoms with Gasteiger partial charge in [-0.2, -0.15) is 9.40 Å². The first-order valence-corrected chi connectivity index (χ1v) is 12.2. The van der Waals surface area contributed by atoms with Crippen molar-refractivity contribution in [3.63, 3.8) is 0 Å². The highest BCUT2D eigenvalue weighted by atomic mass is 32.2. The van der Waals surface area contributed by atoms with Crippen LogP contribution in [-0.4, -0.2) is 63.6 Å². The molecule has 1 saturated heterocycles. The molecular weight excluding hydrogens is 440 g/mol. The van der Waals surface area contributed by atoms with Crippen LogP contribution in [-0.2, 0) is 10.0 Å². The third-order valence-electron chi connectivity index (χ3n) is 6.09. The second-order valence-electron chi connectivity index (χ2n) is 8.03. The quantitative estimate of drug-likeness (QED) is 0.486. The van der Waals surface area contributed by atoms with E-state index in [2.05, 4.69) is 20.0 Å². The van der Waals surface area contributed by atoms with Gasteiger partial charge in [0, 0.05) is 38.6 Å². The summed E-state index contributed by atoms with van der Waals surface area (Å²) in [6.07, 6.45) is 3.48. The molecule has 1 atom stereocenters. The van der Waals surface area contributed by atoms with Gasteiger partial charge in [0.05, 0.1) is 27.5 Å². The van der Waals surface area contributed by atoms with Crippen molar-refractivity contribution in [2.24, 2.45) is 0 Å². The lowest BCUT2D eigenvalue weighted by atomic mass is 10.2. The lowest BCUT2D eigenvalue weighted by molar-refractivity contribution is 0.141. The number of nitrogens with one attached hydrogen (secondary N) is 1. The first-order valence-electron chi connectivity index (χ1n) is 10.8. The molecular formula is C23H24N6O3S. The van der Waals surface area contributed by atoms with E-state index in [9.17, 15) is 13.2 Å². The van der Waals surface area contributed by atoms with Gasteiger partial charge in [0.1, 0.15) is 5.82 Å². The zero-order valence-electron chi connectivity index (χ0n) is 18.1. The molecule has 1 aliphatic rings. The zero-order chi connectivity index (χ0) is 23.0. The van der Waals surface area contributed by atoms with Crippen LogP contribution in [0.25, 0.3) is 16.6 Å². The number of benzene rings is 2. The van der Waals surface area contributed by atoms with E-state index in [1.807, 2.05) is 37.4 Å². The molecule has 1 N–H and O–H groups in total. The predicted molar refractivity (Wildman–Crippen MR) is 125 cm³/mol. The van der Waals surface area contributed by atoms with Gasteiger partial charge in [0.25, 0.3) is 5.56 Å². The topological polar surface area (TPSA) is 104 Å². The number of aromatic nitrogens is 4. The Bertz CT molecular complexity index is 1420. The summed E-state index contributed by atoms with van der Waals surface area (Å²) in [7, 11) is -3.59. The number of aromatic amines is 1. The van der Waals surface area contributed by atoms with E-state index >= 15 is 0 Å². The highest BCUT2D eigenvalue weighted by Crippen LogP contribution is 2.23. The standard InChI is InChI=1S/C23H24N6O3S/c1-17(22-25-21-6-3-2-5-20(21)23(30)26-22)27-13-15-28(16-14-27)33(31,32)19-9-7-18(8-10-19)29-12-4-11-24-29/h2-12,17H,13-16H2,1H3,(H,25,26,30). The molecule has 10 heteroatoms. The average Bonchev–Trinajstić information content (AvgIpc) is 3.39. The number of sulfonamides is 1. The first-order chi connectivity index (χ1) is 15.9. The summed E-state index contributed by atoms with van der Waals surface area (Å²) in [4.78, 5) is 22.3. The third-order valence-corrected chi connectivity index (χ3v) is 8.00. The number of hydrogen-bond donors (Lipinski definition) is 1. The molecule has 2 aromatic heterocycles. The van der Waals surface area contributed by atoms with E-state index in [0.29, 0.717) is 42.9 Å². The van der Waals surface area contributed by atoms with Gasteiger partial charge in [-0.05, 0) is 49.4 Å². The van der Waals surface area contributed by atoms with E-state index < -0.39 is 10.0 Å². The molecule has 170 valence electrons. The molecule has 1 fully saturated rings. The Kier molecular flexibility index (Phi) is 5.57. The van der Waals surface area contributed by atoms with Gasteiger partial charge in [0.15, 0.2) is 0 Å². The van der Waals surface area contributed by atoms with Gasteiger partial charge in [0.2, 0.25) is 10.0 Å². The monoisotopic (exact) mass is 464 g/mol. The van der Waals surface area contributed by atoms with Gasteiger partial charge in [-0.25, -0.2) is 18.1 Å². The molecule has 0 aliphatic carbocycles. The van der Waals surface area contributed by atoms with Gasteiger partial charge in [-0.1, -0.05) is 12.1 Å². The van der Waals surface area contributed by atoms with Crippen molar-refractivity contribution in [3.8, 4) is 5.69 Å². The third kappa shape index (κ3) is 4.08. The van der Waals surface area contributed by atoms with E-state index in [1.165, 1.54) is 4.31 Å². The summed E-state index contributed by atoms with van der Waals surface area (Å²) in [5.74, 6) is 0.587. The number of piperazine rings is 1. The lowest BCUT2D eigenvalue weighted by Gasteiger charge is -2.37. The SMILES string of the molecule is CC(c1nc2ccccc2c(=O)[nH]1)N1CCN(S(=O)(=O)c2ccc(-n3cccn3)cc2)CC1. The van der Waals surface area contributed by atoms with Gasteiger partial charge >= 0.3 is 0 Å². The Morgan fingerprint density at radius 2 is 1.70 bits per heavy atom. The molecule has 5 rings (SSSR count). The fraction of sp³-hybridized carbons (Fsp3) is 0.261. The van der Waals surface area contributed by atoms with Crippen LogP contribution in [0.2, 0.25) is 0 Å². The fourth-order valence-electron chi connectivity index (χ4n) is 4.15. The van der Waals surface area contributed by atoms with E-state index in [0.717, 1.165) is 5.69 Å². The largest absolute Gasteiger partial charge is 0.309 e. The van der Waals surface area contributed by atoms with Crippen LogP contribution in [0, 0.1) is 0 Å². The molecule has 1 aliphatic heterocycles. The average molecular weight is 465 g/mol. The number of fused-ring (bicyclic) bond motifs is 1. The maximum absolute atomic E-state index is 13.1. The Morgan fingerprint density at radius 1 is 0.970 bits per heavy atom. The van der Waals surface area contributed by atoms with Crippen LogP contribution in [0.3, 0.4) is 0 Å². The van der Waals surface area contributed by atoms with Crippen molar-refractivity contribution in [1.82, 2.24) is 29.0 Å². The Hall–Kier alpha value is -3.34. The van der Waals surface area contributed by atoms with Crippen molar-refractivity contribution in [2.75, 3.05) is 26.2 Å². The Morgan fingerprint density at radius 3 is 2.39 bits per heavy atom. The summed E-state index contributed by atoms with van der Waals surface area (Å²) in [6.45, 7) is 3.80. The second-order valence-corrected chi connectivity index (χ2v) is 9.97. The van der Waals surface area contributed by atoms with Crippen LogP contribution in [0.5, 0.6) is 0 Å². The number of rotatable bonds is 5. The smallest absolute Gasteiger partial charge is 0.258 e. The van der Waals surface area contributed by atoms with Crippen molar-refractivity contribution in [1.29, 1.82) is 0 Å². The summed E-state index contributed by atoms with van der Waals surface area (Å²) >= 11 is 0. The van der Waals surface area contributed by atoms with E-state index in [1.54, 1.807) is 41.2 Å². The second kappa shape index (κ2) is 8.54. The predicted octanol–water partition coefficient (Wildman–Crippen LogP) is 2.18. The molecule has 0 spiro atoms. The summed E-state index contributed by atoms with van der Waals surface area (Å²) in [5, 5.41) is 4.72. The fourth-order valence-corrected chi connectivity index (χ4v) is 5.57. The van der Waals surface area contributed by atoms with E-state index in [4.69, 9.17) is 0 Å². The van der Waals surface area contributed by atoms with Gasteiger partial charge < -0.3 is 4.98 Å². The molecule has 4 aromatic rings. The van der Waals surface area contributed by atoms with Crippen LogP contribution in [0.1, 0.15) is 18.8 Å². The minimum Gasteiger partial charge on any atom is -0.309 e.